The Morgan fingerprint density at radius 1 is 1.04 bits per heavy atom. The highest BCUT2D eigenvalue weighted by Gasteiger charge is 2.26. The quantitative estimate of drug-likeness (QED) is 0.635. The first kappa shape index (κ1) is 19.6. The second-order valence-corrected chi connectivity index (χ2v) is 7.95. The molecule has 7 nitrogen and oxygen atoms in total. The van der Waals surface area contributed by atoms with Crippen molar-refractivity contribution >= 4 is 15.9 Å². The largest absolute Gasteiger partial charge is 0.497 e. The van der Waals surface area contributed by atoms with Crippen molar-refractivity contribution in [1.82, 2.24) is 8.54 Å². The number of nitrogens with zero attached hydrogens (tertiary/aromatic N) is 2. The summed E-state index contributed by atoms with van der Waals surface area (Å²) in [5.41, 5.74) is -0.150. The fraction of sp³-hybridized carbons (Fsp3) is 0.200. The molecule has 0 fully saturated rings. The number of carbonyl (C=O) groups is 1. The third-order valence-corrected chi connectivity index (χ3v) is 6.17. The van der Waals surface area contributed by atoms with Crippen molar-refractivity contribution in [3.8, 4) is 5.75 Å². The highest BCUT2D eigenvalue weighted by Crippen LogP contribution is 2.21. The van der Waals surface area contributed by atoms with Crippen molar-refractivity contribution in [2.24, 2.45) is 0 Å². The molecule has 1 heterocycles. The fourth-order valence-corrected chi connectivity index (χ4v) is 4.19. The minimum Gasteiger partial charge on any atom is -0.497 e. The van der Waals surface area contributed by atoms with E-state index in [4.69, 9.17) is 4.74 Å². The van der Waals surface area contributed by atoms with Crippen LogP contribution in [0, 0.1) is 0 Å². The van der Waals surface area contributed by atoms with Gasteiger partial charge in [0.1, 0.15) is 5.75 Å². The molecule has 1 aromatic heterocycles. The number of carbonyl (C=O) groups excluding carboxylic acids is 1. The van der Waals surface area contributed by atoms with Crippen LogP contribution in [0.15, 0.2) is 76.7 Å². The summed E-state index contributed by atoms with van der Waals surface area (Å²) >= 11 is 0. The normalized spacial score (nSPS) is 12.5. The molecule has 8 heteroatoms. The van der Waals surface area contributed by atoms with Gasteiger partial charge in [0.05, 0.1) is 17.9 Å². The van der Waals surface area contributed by atoms with Gasteiger partial charge in [0.2, 0.25) is 5.91 Å². The van der Waals surface area contributed by atoms with Crippen molar-refractivity contribution in [2.45, 2.75) is 24.2 Å². The average Bonchev–Trinajstić information content (AvgIpc) is 3.11. The average molecular weight is 400 g/mol. The molecule has 3 aromatic rings. The van der Waals surface area contributed by atoms with E-state index in [9.17, 15) is 18.0 Å². The Morgan fingerprint density at radius 2 is 1.68 bits per heavy atom. The van der Waals surface area contributed by atoms with Gasteiger partial charge in [-0.1, -0.05) is 37.3 Å². The predicted molar refractivity (Wildman–Crippen MR) is 104 cm³/mol. The summed E-state index contributed by atoms with van der Waals surface area (Å²) in [5, 5.41) is 0. The minimum atomic E-state index is -4.13. The summed E-state index contributed by atoms with van der Waals surface area (Å²) in [5.74, 6) is -0.520. The fourth-order valence-electron chi connectivity index (χ4n) is 2.98. The molecule has 0 saturated heterocycles. The number of methoxy groups -OCH3 is 1. The lowest BCUT2D eigenvalue weighted by atomic mass is 9.96. The second-order valence-electron chi connectivity index (χ2n) is 6.14. The topological polar surface area (TPSA) is 87.4 Å². The molecule has 0 unspecified atom stereocenters. The van der Waals surface area contributed by atoms with Gasteiger partial charge in [0.25, 0.3) is 10.0 Å². The van der Waals surface area contributed by atoms with Crippen LogP contribution in [0.1, 0.15) is 29.6 Å². The van der Waals surface area contributed by atoms with E-state index < -0.39 is 27.5 Å². The van der Waals surface area contributed by atoms with Crippen molar-refractivity contribution in [2.75, 3.05) is 7.11 Å². The van der Waals surface area contributed by atoms with E-state index in [-0.39, 0.29) is 4.90 Å². The van der Waals surface area contributed by atoms with Gasteiger partial charge in [-0.25, -0.2) is 17.8 Å². The number of hydrogen-bond donors (Lipinski definition) is 0. The maximum atomic E-state index is 12.9. The molecule has 0 radical (unpaired) electrons. The van der Waals surface area contributed by atoms with Gasteiger partial charge in [0, 0.05) is 12.4 Å². The van der Waals surface area contributed by atoms with E-state index in [2.05, 4.69) is 0 Å². The molecule has 0 N–H and O–H groups in total. The Bertz CT molecular complexity index is 1130. The molecule has 0 spiro atoms. The van der Waals surface area contributed by atoms with Crippen LogP contribution in [0.3, 0.4) is 0 Å². The molecular formula is C20H20N2O5S. The highest BCUT2D eigenvalue weighted by molar-refractivity contribution is 7.90. The number of benzene rings is 2. The minimum absolute atomic E-state index is 0.0734. The Kier molecular flexibility index (Phi) is 5.51. The molecule has 0 saturated carbocycles. The van der Waals surface area contributed by atoms with Crippen LogP contribution in [0.5, 0.6) is 5.75 Å². The van der Waals surface area contributed by atoms with Crippen molar-refractivity contribution in [3.63, 3.8) is 0 Å². The zero-order chi connectivity index (χ0) is 20.3. The van der Waals surface area contributed by atoms with Gasteiger partial charge in [0.15, 0.2) is 0 Å². The number of aromatic nitrogens is 2. The van der Waals surface area contributed by atoms with Crippen molar-refractivity contribution in [3.05, 3.63) is 83.0 Å². The maximum Gasteiger partial charge on any atom is 0.349 e. The van der Waals surface area contributed by atoms with Crippen LogP contribution < -0.4 is 10.4 Å². The van der Waals surface area contributed by atoms with E-state index in [1.54, 1.807) is 0 Å². The standard InChI is InChI=1S/C20H20N2O5S/c1-3-18(15-7-5-4-6-8-15)19(23)21-13-14-22(20(21)24)28(25,26)17-11-9-16(27-2)10-12-17/h4-14,18H,3H2,1-2H3/t18-/m0/s1. The summed E-state index contributed by atoms with van der Waals surface area (Å²) in [4.78, 5) is 25.5. The summed E-state index contributed by atoms with van der Waals surface area (Å²) < 4.78 is 32.0. The third-order valence-electron chi connectivity index (χ3n) is 4.51. The molecule has 0 aliphatic rings. The van der Waals surface area contributed by atoms with Crippen molar-refractivity contribution in [1.29, 1.82) is 0 Å². The monoisotopic (exact) mass is 400 g/mol. The van der Waals surface area contributed by atoms with E-state index >= 15 is 0 Å². The van der Waals surface area contributed by atoms with Crippen LogP contribution >= 0.6 is 0 Å². The molecule has 3 rings (SSSR count). The Balaban J connectivity index is 1.99. The van der Waals surface area contributed by atoms with E-state index in [0.29, 0.717) is 16.1 Å². The predicted octanol–water partition coefficient (Wildman–Crippen LogP) is 2.73. The lowest BCUT2D eigenvalue weighted by Gasteiger charge is -2.13. The first-order valence-corrected chi connectivity index (χ1v) is 10.1. The molecule has 0 amide bonds. The zero-order valence-electron chi connectivity index (χ0n) is 15.5. The molecule has 146 valence electrons. The highest BCUT2D eigenvalue weighted by atomic mass is 32.2. The first-order chi connectivity index (χ1) is 13.4. The van der Waals surface area contributed by atoms with Crippen LogP contribution in [0.25, 0.3) is 0 Å². The molecule has 1 atom stereocenters. The van der Waals surface area contributed by atoms with Gasteiger partial charge in [-0.05, 0) is 36.2 Å². The lowest BCUT2D eigenvalue weighted by molar-refractivity contribution is 0.0870. The van der Waals surface area contributed by atoms with Crippen LogP contribution in [-0.2, 0) is 10.0 Å². The van der Waals surface area contributed by atoms with E-state index in [1.165, 1.54) is 37.6 Å². The molecule has 0 aliphatic heterocycles. The van der Waals surface area contributed by atoms with E-state index in [0.717, 1.165) is 16.3 Å². The van der Waals surface area contributed by atoms with E-state index in [1.807, 2.05) is 37.3 Å². The molecule has 28 heavy (non-hydrogen) atoms. The van der Waals surface area contributed by atoms with Gasteiger partial charge in [-0.15, -0.1) is 0 Å². The first-order valence-electron chi connectivity index (χ1n) is 8.69. The van der Waals surface area contributed by atoms with Gasteiger partial charge in [-0.3, -0.25) is 4.79 Å². The summed E-state index contributed by atoms with van der Waals surface area (Å²) in [7, 11) is -2.66. The number of ether oxygens (including phenoxy) is 1. The molecular weight excluding hydrogens is 380 g/mol. The lowest BCUT2D eigenvalue weighted by Crippen LogP contribution is -2.34. The number of hydrogen-bond acceptors (Lipinski definition) is 5. The van der Waals surface area contributed by atoms with Crippen LogP contribution in [-0.4, -0.2) is 30.0 Å². The smallest absolute Gasteiger partial charge is 0.349 e. The number of imidazole rings is 1. The Hall–Kier alpha value is -3.13. The second kappa shape index (κ2) is 7.85. The summed E-state index contributed by atoms with van der Waals surface area (Å²) in [6, 6.07) is 14.7. The van der Waals surface area contributed by atoms with Gasteiger partial charge < -0.3 is 4.74 Å². The maximum absolute atomic E-state index is 12.9. The van der Waals surface area contributed by atoms with Gasteiger partial charge in [-0.2, -0.15) is 3.97 Å². The SMILES string of the molecule is CC[C@H](C(=O)n1ccn(S(=O)(=O)c2ccc(OC)cc2)c1=O)c1ccccc1. The summed E-state index contributed by atoms with van der Waals surface area (Å²) in [6.45, 7) is 1.84. The van der Waals surface area contributed by atoms with Crippen LogP contribution in [0.4, 0.5) is 0 Å². The number of rotatable bonds is 6. The summed E-state index contributed by atoms with van der Waals surface area (Å²) in [6.07, 6.45) is 2.76. The molecule has 0 bridgehead atoms. The molecule has 0 aliphatic carbocycles. The van der Waals surface area contributed by atoms with Crippen LogP contribution in [0.2, 0.25) is 0 Å². The Labute approximate surface area is 162 Å². The van der Waals surface area contributed by atoms with Crippen molar-refractivity contribution < 1.29 is 17.9 Å². The Morgan fingerprint density at radius 3 is 2.25 bits per heavy atom. The zero-order valence-corrected chi connectivity index (χ0v) is 16.3. The third kappa shape index (κ3) is 3.50. The molecule has 2 aromatic carbocycles. The van der Waals surface area contributed by atoms with Gasteiger partial charge >= 0.3 is 5.69 Å².